The van der Waals surface area contributed by atoms with Crippen molar-refractivity contribution in [2.75, 3.05) is 13.2 Å². The average molecular weight is 437 g/mol. The van der Waals surface area contributed by atoms with Crippen LogP contribution in [0.2, 0.25) is 0 Å². The van der Waals surface area contributed by atoms with Crippen LogP contribution in [0.1, 0.15) is 36.0 Å². The Hall–Kier alpha value is -2.28. The van der Waals surface area contributed by atoms with Gasteiger partial charge in [-0.05, 0) is 30.2 Å². The van der Waals surface area contributed by atoms with Gasteiger partial charge in [-0.25, -0.2) is 8.78 Å². The van der Waals surface area contributed by atoms with Crippen molar-refractivity contribution in [2.45, 2.75) is 24.7 Å². The molecule has 2 aliphatic rings. The largest absolute Gasteiger partial charge is 0.491 e. The van der Waals surface area contributed by atoms with Gasteiger partial charge in [0.15, 0.2) is 17.4 Å². The van der Waals surface area contributed by atoms with E-state index in [0.29, 0.717) is 15.6 Å². The number of Topliss-reactive ketones (excluding diaryl/α,β-unsaturated/α-hetero) is 1. The molecule has 2 aromatic rings. The number of hydrogen-bond acceptors (Lipinski definition) is 4. The fourth-order valence-corrected chi connectivity index (χ4v) is 4.81. The van der Waals surface area contributed by atoms with Crippen molar-refractivity contribution >= 4 is 27.7 Å². The molecular formula is C20H15BrF2O4. The Balaban J connectivity index is 1.91. The SMILES string of the molecule is CCOC(=O)CC1C(=O)C2(COc3cc(F)c(F)cc32)c2c(Br)cccc21. The van der Waals surface area contributed by atoms with E-state index in [9.17, 15) is 18.4 Å². The molecule has 4 nitrogen and oxygen atoms in total. The summed E-state index contributed by atoms with van der Waals surface area (Å²) in [5, 5.41) is 0. The molecule has 0 saturated carbocycles. The van der Waals surface area contributed by atoms with Crippen molar-refractivity contribution in [3.8, 4) is 5.75 Å². The van der Waals surface area contributed by atoms with E-state index in [2.05, 4.69) is 15.9 Å². The fourth-order valence-electron chi connectivity index (χ4n) is 4.09. The first-order valence-corrected chi connectivity index (χ1v) is 9.30. The maximum Gasteiger partial charge on any atom is 0.306 e. The second-order valence-electron chi connectivity index (χ2n) is 6.59. The molecule has 1 aliphatic carbocycles. The Bertz CT molecular complexity index is 975. The monoisotopic (exact) mass is 436 g/mol. The van der Waals surface area contributed by atoms with E-state index in [-0.39, 0.29) is 36.7 Å². The number of hydrogen-bond donors (Lipinski definition) is 0. The van der Waals surface area contributed by atoms with Gasteiger partial charge >= 0.3 is 5.97 Å². The maximum absolute atomic E-state index is 14.0. The molecule has 2 atom stereocenters. The number of rotatable bonds is 3. The molecule has 2 aromatic carbocycles. The standard InChI is InChI=1S/C20H15BrF2O4/c1-2-26-17(24)6-11-10-4-3-5-13(21)18(10)20(19(11)25)9-27-16-8-15(23)14(22)7-12(16)20/h3-5,7-8,11H,2,6,9H2,1H3. The molecule has 0 saturated heterocycles. The Morgan fingerprint density at radius 3 is 2.81 bits per heavy atom. The number of halogens is 3. The second kappa shape index (κ2) is 6.41. The van der Waals surface area contributed by atoms with Crippen molar-refractivity contribution in [1.82, 2.24) is 0 Å². The van der Waals surface area contributed by atoms with Crippen LogP contribution in [0, 0.1) is 11.6 Å². The first-order valence-electron chi connectivity index (χ1n) is 8.51. The lowest BCUT2D eigenvalue weighted by Gasteiger charge is -2.23. The van der Waals surface area contributed by atoms with Crippen LogP contribution >= 0.6 is 15.9 Å². The number of ether oxygens (including phenoxy) is 2. The van der Waals surface area contributed by atoms with E-state index in [1.165, 1.54) is 0 Å². The summed E-state index contributed by atoms with van der Waals surface area (Å²) in [6.07, 6.45) is -0.114. The zero-order chi connectivity index (χ0) is 19.3. The Morgan fingerprint density at radius 1 is 1.33 bits per heavy atom. The Kier molecular flexibility index (Phi) is 4.29. The van der Waals surface area contributed by atoms with Gasteiger partial charge in [0.2, 0.25) is 0 Å². The highest BCUT2D eigenvalue weighted by molar-refractivity contribution is 9.10. The summed E-state index contributed by atoms with van der Waals surface area (Å²) in [6, 6.07) is 7.30. The highest BCUT2D eigenvalue weighted by Crippen LogP contribution is 2.56. The quantitative estimate of drug-likeness (QED) is 0.681. The van der Waals surface area contributed by atoms with E-state index in [1.807, 2.05) is 0 Å². The molecule has 140 valence electrons. The molecule has 0 aromatic heterocycles. The van der Waals surface area contributed by atoms with Gasteiger partial charge in [-0.1, -0.05) is 28.1 Å². The molecule has 1 heterocycles. The molecule has 2 unspecified atom stereocenters. The second-order valence-corrected chi connectivity index (χ2v) is 7.44. The Labute approximate surface area is 162 Å². The first-order chi connectivity index (χ1) is 12.9. The van der Waals surface area contributed by atoms with Gasteiger partial charge < -0.3 is 9.47 Å². The third kappa shape index (κ3) is 2.51. The van der Waals surface area contributed by atoms with Crippen LogP contribution < -0.4 is 4.74 Å². The van der Waals surface area contributed by atoms with Crippen LogP contribution in [0.25, 0.3) is 0 Å². The van der Waals surface area contributed by atoms with Crippen molar-refractivity contribution in [3.05, 3.63) is 63.1 Å². The van der Waals surface area contributed by atoms with Gasteiger partial charge in [0, 0.05) is 16.1 Å². The number of fused-ring (bicyclic) bond motifs is 4. The van der Waals surface area contributed by atoms with Gasteiger partial charge in [0.1, 0.15) is 17.8 Å². The number of esters is 1. The molecule has 0 amide bonds. The van der Waals surface area contributed by atoms with Crippen LogP contribution in [-0.2, 0) is 19.7 Å². The Morgan fingerprint density at radius 2 is 2.07 bits per heavy atom. The third-order valence-corrected chi connectivity index (χ3v) is 5.85. The lowest BCUT2D eigenvalue weighted by molar-refractivity contribution is -0.145. The zero-order valence-electron chi connectivity index (χ0n) is 14.4. The average Bonchev–Trinajstić information content (AvgIpc) is 3.09. The summed E-state index contributed by atoms with van der Waals surface area (Å²) >= 11 is 3.48. The van der Waals surface area contributed by atoms with Crippen molar-refractivity contribution in [1.29, 1.82) is 0 Å². The molecule has 0 radical (unpaired) electrons. The molecule has 4 rings (SSSR count). The third-order valence-electron chi connectivity index (χ3n) is 5.19. The summed E-state index contributed by atoms with van der Waals surface area (Å²) in [7, 11) is 0. The normalized spacial score (nSPS) is 22.5. The van der Waals surface area contributed by atoms with Crippen LogP contribution in [-0.4, -0.2) is 25.0 Å². The van der Waals surface area contributed by atoms with Crippen LogP contribution in [0.5, 0.6) is 5.75 Å². The highest BCUT2D eigenvalue weighted by atomic mass is 79.9. The number of carbonyl (C=O) groups excluding carboxylic acids is 2. The van der Waals surface area contributed by atoms with E-state index < -0.39 is 28.9 Å². The van der Waals surface area contributed by atoms with Gasteiger partial charge in [-0.2, -0.15) is 0 Å². The van der Waals surface area contributed by atoms with Crippen LogP contribution in [0.4, 0.5) is 8.78 Å². The highest BCUT2D eigenvalue weighted by Gasteiger charge is 2.58. The van der Waals surface area contributed by atoms with Crippen LogP contribution in [0.15, 0.2) is 34.8 Å². The molecule has 0 bridgehead atoms. The zero-order valence-corrected chi connectivity index (χ0v) is 15.9. The maximum atomic E-state index is 14.0. The topological polar surface area (TPSA) is 52.6 Å². The molecule has 1 aliphatic heterocycles. The minimum Gasteiger partial charge on any atom is -0.491 e. The van der Waals surface area contributed by atoms with Crippen LogP contribution in [0.3, 0.4) is 0 Å². The van der Waals surface area contributed by atoms with Crippen molar-refractivity contribution in [3.63, 3.8) is 0 Å². The van der Waals surface area contributed by atoms with Gasteiger partial charge in [0.05, 0.1) is 18.9 Å². The lowest BCUT2D eigenvalue weighted by atomic mass is 9.75. The first kappa shape index (κ1) is 18.1. The van der Waals surface area contributed by atoms with E-state index >= 15 is 0 Å². The molecule has 1 spiro atoms. The molecule has 0 N–H and O–H groups in total. The molecular weight excluding hydrogens is 422 g/mol. The summed E-state index contributed by atoms with van der Waals surface area (Å²) in [5.41, 5.74) is 0.305. The summed E-state index contributed by atoms with van der Waals surface area (Å²) in [4.78, 5) is 25.6. The lowest BCUT2D eigenvalue weighted by Crippen LogP contribution is -2.37. The van der Waals surface area contributed by atoms with Gasteiger partial charge in [-0.15, -0.1) is 0 Å². The minimum absolute atomic E-state index is 0.0704. The summed E-state index contributed by atoms with van der Waals surface area (Å²) in [5.74, 6) is -3.44. The number of benzene rings is 2. The molecule has 7 heteroatoms. The fraction of sp³-hybridized carbons (Fsp3) is 0.300. The van der Waals surface area contributed by atoms with E-state index in [4.69, 9.17) is 9.47 Å². The van der Waals surface area contributed by atoms with Gasteiger partial charge in [0.25, 0.3) is 0 Å². The van der Waals surface area contributed by atoms with Gasteiger partial charge in [-0.3, -0.25) is 9.59 Å². The smallest absolute Gasteiger partial charge is 0.306 e. The summed E-state index contributed by atoms with van der Waals surface area (Å²) in [6.45, 7) is 1.84. The summed E-state index contributed by atoms with van der Waals surface area (Å²) < 4.78 is 38.9. The molecule has 27 heavy (non-hydrogen) atoms. The number of ketones is 1. The minimum atomic E-state index is -1.28. The van der Waals surface area contributed by atoms with E-state index in [0.717, 1.165) is 12.1 Å². The molecule has 0 fully saturated rings. The predicted octanol–water partition coefficient (Wildman–Crippen LogP) is 4.03. The van der Waals surface area contributed by atoms with E-state index in [1.54, 1.807) is 25.1 Å². The van der Waals surface area contributed by atoms with Crippen molar-refractivity contribution < 1.29 is 27.8 Å². The predicted molar refractivity (Wildman–Crippen MR) is 95.8 cm³/mol. The van der Waals surface area contributed by atoms with Crippen molar-refractivity contribution in [2.24, 2.45) is 0 Å². The number of carbonyl (C=O) groups is 2.